The third-order valence-electron chi connectivity index (χ3n) is 5.19. The number of halogens is 1. The van der Waals surface area contributed by atoms with E-state index in [1.54, 1.807) is 41.0 Å². The molecule has 2 aromatic rings. The number of hydrogen-bond acceptors (Lipinski definition) is 3. The summed E-state index contributed by atoms with van der Waals surface area (Å²) in [5.41, 5.74) is 1.73. The van der Waals surface area contributed by atoms with Gasteiger partial charge in [-0.3, -0.25) is 9.59 Å². The molecule has 0 aromatic heterocycles. The highest BCUT2D eigenvalue weighted by atomic mass is 35.5. The lowest BCUT2D eigenvalue weighted by atomic mass is 10.0. The van der Waals surface area contributed by atoms with Crippen LogP contribution in [0.25, 0.3) is 0 Å². The highest BCUT2D eigenvalue weighted by molar-refractivity contribution is 6.33. The second-order valence-corrected chi connectivity index (χ2v) is 7.99. The van der Waals surface area contributed by atoms with Gasteiger partial charge in [0, 0.05) is 26.2 Å². The van der Waals surface area contributed by atoms with Gasteiger partial charge in [0.15, 0.2) is 6.10 Å². The molecule has 6 heteroatoms. The van der Waals surface area contributed by atoms with Crippen molar-refractivity contribution in [3.8, 4) is 5.75 Å². The Morgan fingerprint density at radius 2 is 1.48 bits per heavy atom. The van der Waals surface area contributed by atoms with E-state index >= 15 is 0 Å². The van der Waals surface area contributed by atoms with E-state index < -0.39 is 6.10 Å². The highest BCUT2D eigenvalue weighted by Gasteiger charge is 2.28. The molecule has 2 aromatic carbocycles. The van der Waals surface area contributed by atoms with Gasteiger partial charge in [-0.05, 0) is 42.7 Å². The van der Waals surface area contributed by atoms with Gasteiger partial charge in [0.2, 0.25) is 0 Å². The van der Waals surface area contributed by atoms with Gasteiger partial charge in [0.1, 0.15) is 5.75 Å². The Bertz CT molecular complexity index is 859. The molecule has 1 atom stereocenters. The Kier molecular flexibility index (Phi) is 6.80. The van der Waals surface area contributed by atoms with Crippen LogP contribution in [0.5, 0.6) is 5.75 Å². The molecule has 1 saturated heterocycles. The standard InChI is InChI=1S/C23H27ClN2O3/c1-16(2)18-8-10-19(11-9-18)29-17(3)22(27)25-12-14-26(15-13-25)23(28)20-6-4-5-7-21(20)24/h4-11,16-17H,12-15H2,1-3H3. The number of nitrogens with zero attached hydrogens (tertiary/aromatic N) is 2. The summed E-state index contributed by atoms with van der Waals surface area (Å²) >= 11 is 6.13. The molecule has 2 amide bonds. The van der Waals surface area contributed by atoms with Crippen LogP contribution in [0.15, 0.2) is 48.5 Å². The first-order chi connectivity index (χ1) is 13.9. The lowest BCUT2D eigenvalue weighted by molar-refractivity contribution is -0.139. The molecule has 0 saturated carbocycles. The Balaban J connectivity index is 1.54. The second-order valence-electron chi connectivity index (χ2n) is 7.58. The minimum atomic E-state index is -0.578. The van der Waals surface area contributed by atoms with Crippen molar-refractivity contribution >= 4 is 23.4 Å². The van der Waals surface area contributed by atoms with Crippen LogP contribution >= 0.6 is 11.6 Å². The number of carbonyl (C=O) groups excluding carboxylic acids is 2. The van der Waals surface area contributed by atoms with Gasteiger partial charge in [-0.1, -0.05) is 49.7 Å². The summed E-state index contributed by atoms with van der Waals surface area (Å²) in [5.74, 6) is 0.968. The van der Waals surface area contributed by atoms with Gasteiger partial charge in [0.05, 0.1) is 10.6 Å². The molecular formula is C23H27ClN2O3. The van der Waals surface area contributed by atoms with Gasteiger partial charge in [-0.25, -0.2) is 0 Å². The van der Waals surface area contributed by atoms with Crippen molar-refractivity contribution < 1.29 is 14.3 Å². The van der Waals surface area contributed by atoms with E-state index in [1.165, 1.54) is 5.56 Å². The van der Waals surface area contributed by atoms with E-state index in [-0.39, 0.29) is 11.8 Å². The van der Waals surface area contributed by atoms with Crippen LogP contribution in [0, 0.1) is 0 Å². The summed E-state index contributed by atoms with van der Waals surface area (Å²) in [6.07, 6.45) is -0.578. The number of ether oxygens (including phenoxy) is 1. The van der Waals surface area contributed by atoms with Crippen molar-refractivity contribution in [2.75, 3.05) is 26.2 Å². The van der Waals surface area contributed by atoms with Crippen LogP contribution in [0.3, 0.4) is 0 Å². The maximum absolute atomic E-state index is 12.8. The third-order valence-corrected chi connectivity index (χ3v) is 5.52. The van der Waals surface area contributed by atoms with Crippen LogP contribution in [0.4, 0.5) is 0 Å². The van der Waals surface area contributed by atoms with E-state index in [0.717, 1.165) is 0 Å². The predicted octanol–water partition coefficient (Wildman–Crippen LogP) is 4.22. The number of piperazine rings is 1. The van der Waals surface area contributed by atoms with Gasteiger partial charge < -0.3 is 14.5 Å². The molecule has 29 heavy (non-hydrogen) atoms. The van der Waals surface area contributed by atoms with Gasteiger partial charge in [-0.15, -0.1) is 0 Å². The molecule has 0 spiro atoms. The molecule has 0 radical (unpaired) electrons. The van der Waals surface area contributed by atoms with Gasteiger partial charge in [0.25, 0.3) is 11.8 Å². The Hall–Kier alpha value is -2.53. The zero-order valence-corrected chi connectivity index (χ0v) is 17.9. The fourth-order valence-electron chi connectivity index (χ4n) is 3.38. The third kappa shape index (κ3) is 5.10. The van der Waals surface area contributed by atoms with Crippen LogP contribution < -0.4 is 4.74 Å². The molecule has 1 heterocycles. The quantitative estimate of drug-likeness (QED) is 0.736. The predicted molar refractivity (Wildman–Crippen MR) is 115 cm³/mol. The number of hydrogen-bond donors (Lipinski definition) is 0. The Morgan fingerprint density at radius 3 is 2.07 bits per heavy atom. The van der Waals surface area contributed by atoms with Crippen LogP contribution in [0.2, 0.25) is 5.02 Å². The maximum atomic E-state index is 12.8. The first kappa shape index (κ1) is 21.2. The minimum Gasteiger partial charge on any atom is -0.481 e. The molecule has 0 bridgehead atoms. The molecule has 5 nitrogen and oxygen atoms in total. The average Bonchev–Trinajstić information content (AvgIpc) is 2.73. The SMILES string of the molecule is CC(Oc1ccc(C(C)C)cc1)C(=O)N1CCN(C(=O)c2ccccc2Cl)CC1. The van der Waals surface area contributed by atoms with Crippen LogP contribution in [-0.2, 0) is 4.79 Å². The van der Waals surface area contributed by atoms with E-state index in [4.69, 9.17) is 16.3 Å². The molecule has 3 rings (SSSR count). The first-order valence-corrected chi connectivity index (χ1v) is 10.3. The summed E-state index contributed by atoms with van der Waals surface area (Å²) < 4.78 is 5.83. The van der Waals surface area contributed by atoms with E-state index in [2.05, 4.69) is 13.8 Å². The largest absolute Gasteiger partial charge is 0.481 e. The van der Waals surface area contributed by atoms with Crippen molar-refractivity contribution in [1.82, 2.24) is 9.80 Å². The van der Waals surface area contributed by atoms with E-state index in [9.17, 15) is 9.59 Å². The molecule has 0 aliphatic carbocycles. The van der Waals surface area contributed by atoms with Crippen molar-refractivity contribution in [3.63, 3.8) is 0 Å². The fourth-order valence-corrected chi connectivity index (χ4v) is 3.59. The average molecular weight is 415 g/mol. The summed E-state index contributed by atoms with van der Waals surface area (Å²) in [6.45, 7) is 7.96. The summed E-state index contributed by atoms with van der Waals surface area (Å²) in [7, 11) is 0. The fraction of sp³-hybridized carbons (Fsp3) is 0.391. The monoisotopic (exact) mass is 414 g/mol. The zero-order valence-electron chi connectivity index (χ0n) is 17.1. The molecule has 1 fully saturated rings. The highest BCUT2D eigenvalue weighted by Crippen LogP contribution is 2.21. The van der Waals surface area contributed by atoms with Gasteiger partial charge >= 0.3 is 0 Å². The van der Waals surface area contributed by atoms with Crippen molar-refractivity contribution in [2.45, 2.75) is 32.8 Å². The topological polar surface area (TPSA) is 49.9 Å². The number of rotatable bonds is 5. The summed E-state index contributed by atoms with van der Waals surface area (Å²) in [5, 5.41) is 0.446. The van der Waals surface area contributed by atoms with E-state index in [0.29, 0.717) is 48.4 Å². The maximum Gasteiger partial charge on any atom is 0.263 e. The lowest BCUT2D eigenvalue weighted by Crippen LogP contribution is -2.53. The van der Waals surface area contributed by atoms with Crippen molar-refractivity contribution in [2.24, 2.45) is 0 Å². The molecular weight excluding hydrogens is 388 g/mol. The van der Waals surface area contributed by atoms with E-state index in [1.807, 2.05) is 24.3 Å². The number of carbonyl (C=O) groups is 2. The molecule has 1 aliphatic heterocycles. The summed E-state index contributed by atoms with van der Waals surface area (Å²) in [6, 6.07) is 14.9. The lowest BCUT2D eigenvalue weighted by Gasteiger charge is -2.36. The smallest absolute Gasteiger partial charge is 0.263 e. The second kappa shape index (κ2) is 9.31. The van der Waals surface area contributed by atoms with Crippen LogP contribution in [-0.4, -0.2) is 53.9 Å². The molecule has 1 aliphatic rings. The number of amides is 2. The van der Waals surface area contributed by atoms with Crippen molar-refractivity contribution in [3.05, 3.63) is 64.7 Å². The summed E-state index contributed by atoms with van der Waals surface area (Å²) in [4.78, 5) is 28.9. The zero-order chi connectivity index (χ0) is 21.0. The van der Waals surface area contributed by atoms with Crippen molar-refractivity contribution in [1.29, 1.82) is 0 Å². The Labute approximate surface area is 177 Å². The molecule has 0 N–H and O–H groups in total. The molecule has 1 unspecified atom stereocenters. The van der Waals surface area contributed by atoms with Gasteiger partial charge in [-0.2, -0.15) is 0 Å². The Morgan fingerprint density at radius 1 is 0.897 bits per heavy atom. The van der Waals surface area contributed by atoms with Crippen LogP contribution in [0.1, 0.15) is 42.6 Å². The normalized spacial score (nSPS) is 15.3. The number of benzene rings is 2. The minimum absolute atomic E-state index is 0.0669. The first-order valence-electron chi connectivity index (χ1n) is 9.96. The molecule has 154 valence electrons.